The van der Waals surface area contributed by atoms with E-state index >= 15 is 0 Å². The first-order chi connectivity index (χ1) is 9.77. The topological polar surface area (TPSA) is 18.5 Å². The normalized spacial score (nSPS) is 16.7. The molecule has 116 valence electrons. The van der Waals surface area contributed by atoms with Crippen LogP contribution in [0.5, 0.6) is 0 Å². The van der Waals surface area contributed by atoms with Gasteiger partial charge in [-0.1, -0.05) is 19.6 Å². The Balaban J connectivity index is 2.66. The molecule has 1 atom stereocenters. The Morgan fingerprint density at radius 2 is 1.76 bits per heavy atom. The second kappa shape index (κ2) is 5.71. The van der Waals surface area contributed by atoms with Crippen LogP contribution >= 0.6 is 0 Å². The van der Waals surface area contributed by atoms with Gasteiger partial charge >= 0.3 is 0 Å². The number of halogens is 4. The fraction of sp³-hybridized carbons (Fsp3) is 0.429. The molecule has 0 saturated heterocycles. The van der Waals surface area contributed by atoms with E-state index in [2.05, 4.69) is 0 Å². The summed E-state index contributed by atoms with van der Waals surface area (Å²) in [6.07, 6.45) is -0.994. The molecule has 0 aromatic heterocycles. The van der Waals surface area contributed by atoms with Gasteiger partial charge in [0.1, 0.15) is 30.8 Å². The zero-order valence-corrected chi connectivity index (χ0v) is 12.9. The maximum Gasteiger partial charge on any atom is 0.266 e. The number of benzene rings is 1. The Hall–Kier alpha value is -1.50. The molecule has 2 nitrogen and oxygen atoms in total. The summed E-state index contributed by atoms with van der Waals surface area (Å²) < 4.78 is 65.5. The molecule has 2 rings (SSSR count). The highest BCUT2D eigenvalue weighted by molar-refractivity contribution is 6.88. The van der Waals surface area contributed by atoms with E-state index in [1.54, 1.807) is 19.6 Å². The number of alkyl halides is 2. The van der Waals surface area contributed by atoms with Crippen LogP contribution in [0.4, 0.5) is 17.6 Å². The summed E-state index contributed by atoms with van der Waals surface area (Å²) in [5, 5.41) is -0.150. The second-order valence-corrected chi connectivity index (χ2v) is 10.8. The van der Waals surface area contributed by atoms with Crippen molar-refractivity contribution in [2.45, 2.75) is 32.1 Å². The third-order valence-corrected chi connectivity index (χ3v) is 5.16. The Morgan fingerprint density at radius 1 is 1.19 bits per heavy atom. The average molecular weight is 320 g/mol. The zero-order chi connectivity index (χ0) is 15.8. The van der Waals surface area contributed by atoms with E-state index in [9.17, 15) is 17.6 Å². The predicted octanol–water partition coefficient (Wildman–Crippen LogP) is 4.01. The van der Waals surface area contributed by atoms with Gasteiger partial charge in [-0.15, -0.1) is 0 Å². The Labute approximate surface area is 121 Å². The molecule has 1 unspecified atom stereocenters. The molecule has 7 heteroatoms. The predicted molar refractivity (Wildman–Crippen MR) is 73.2 cm³/mol. The van der Waals surface area contributed by atoms with Gasteiger partial charge in [0.25, 0.3) is 6.29 Å². The van der Waals surface area contributed by atoms with Crippen molar-refractivity contribution in [3.05, 3.63) is 41.4 Å². The summed E-state index contributed by atoms with van der Waals surface area (Å²) in [5.41, 5.74) is -0.688. The second-order valence-electron chi connectivity index (χ2n) is 5.80. The van der Waals surface area contributed by atoms with Crippen molar-refractivity contribution in [3.8, 4) is 0 Å². The van der Waals surface area contributed by atoms with Crippen LogP contribution in [0.2, 0.25) is 19.6 Å². The van der Waals surface area contributed by atoms with Gasteiger partial charge in [-0.3, -0.25) is 0 Å². The van der Waals surface area contributed by atoms with Gasteiger partial charge in [-0.05, 0) is 6.07 Å². The lowest BCUT2D eigenvalue weighted by Crippen LogP contribution is -2.43. The first kappa shape index (κ1) is 15.9. The Bertz CT molecular complexity index is 561. The summed E-state index contributed by atoms with van der Waals surface area (Å²) in [4.78, 5) is 0. The van der Waals surface area contributed by atoms with Crippen molar-refractivity contribution in [2.75, 3.05) is 6.67 Å². The van der Waals surface area contributed by atoms with Gasteiger partial charge in [-0.2, -0.15) is 0 Å². The molecular weight excluding hydrogens is 304 g/mol. The molecule has 0 radical (unpaired) electrons. The van der Waals surface area contributed by atoms with E-state index < -0.39 is 44.4 Å². The van der Waals surface area contributed by atoms with Crippen molar-refractivity contribution in [1.82, 2.24) is 0 Å². The number of ether oxygens (including phenoxy) is 2. The fourth-order valence-electron chi connectivity index (χ4n) is 2.32. The van der Waals surface area contributed by atoms with Crippen LogP contribution in [0.3, 0.4) is 0 Å². The third-order valence-electron chi connectivity index (χ3n) is 3.20. The lowest BCUT2D eigenvalue weighted by Gasteiger charge is -2.24. The molecule has 0 saturated carbocycles. The average Bonchev–Trinajstić information content (AvgIpc) is 2.89. The van der Waals surface area contributed by atoms with Crippen LogP contribution in [0, 0.1) is 11.6 Å². The van der Waals surface area contributed by atoms with Gasteiger partial charge in [-0.25, -0.2) is 17.6 Å². The van der Waals surface area contributed by atoms with Crippen LogP contribution in [0.25, 0.3) is 0 Å². The molecule has 1 aliphatic heterocycles. The highest BCUT2D eigenvalue weighted by Gasteiger charge is 2.34. The van der Waals surface area contributed by atoms with Gasteiger partial charge < -0.3 is 9.47 Å². The number of hydrogen-bond donors (Lipinski definition) is 0. The SMILES string of the molecule is C[Si](C)(C)c1c(F)cc(C2OC=CO2)c(C(F)CF)c1F. The van der Waals surface area contributed by atoms with E-state index in [0.717, 1.165) is 6.07 Å². The summed E-state index contributed by atoms with van der Waals surface area (Å²) in [6, 6.07) is 0.978. The Kier molecular flexibility index (Phi) is 4.32. The quantitative estimate of drug-likeness (QED) is 0.616. The molecule has 21 heavy (non-hydrogen) atoms. The van der Waals surface area contributed by atoms with Crippen molar-refractivity contribution >= 4 is 13.3 Å². The Morgan fingerprint density at radius 3 is 2.24 bits per heavy atom. The molecule has 1 heterocycles. The van der Waals surface area contributed by atoms with Crippen LogP contribution < -0.4 is 5.19 Å². The van der Waals surface area contributed by atoms with Gasteiger partial charge in [0.15, 0.2) is 6.17 Å². The maximum absolute atomic E-state index is 14.6. The fourth-order valence-corrected chi connectivity index (χ4v) is 3.90. The largest absolute Gasteiger partial charge is 0.455 e. The lowest BCUT2D eigenvalue weighted by molar-refractivity contribution is -0.0266. The van der Waals surface area contributed by atoms with E-state index in [0.29, 0.717) is 0 Å². The van der Waals surface area contributed by atoms with Gasteiger partial charge in [0.2, 0.25) is 0 Å². The molecule has 1 aliphatic rings. The van der Waals surface area contributed by atoms with Gasteiger partial charge in [0, 0.05) is 16.3 Å². The minimum absolute atomic E-state index is 0.150. The van der Waals surface area contributed by atoms with Crippen molar-refractivity contribution < 1.29 is 27.0 Å². The van der Waals surface area contributed by atoms with Crippen LogP contribution in [0.1, 0.15) is 23.6 Å². The molecule has 1 aromatic rings. The summed E-state index contributed by atoms with van der Waals surface area (Å²) >= 11 is 0. The van der Waals surface area contributed by atoms with E-state index in [-0.39, 0.29) is 10.8 Å². The van der Waals surface area contributed by atoms with E-state index in [4.69, 9.17) is 9.47 Å². The van der Waals surface area contributed by atoms with Crippen LogP contribution in [-0.4, -0.2) is 14.7 Å². The van der Waals surface area contributed by atoms with Crippen molar-refractivity contribution in [2.24, 2.45) is 0 Å². The summed E-state index contributed by atoms with van der Waals surface area (Å²) in [6.45, 7) is 3.78. The number of rotatable bonds is 4. The monoisotopic (exact) mass is 320 g/mol. The standard InChI is InChI=1S/C14H16F4O2Si/c1-21(2,3)13-9(16)6-8(14-19-4-5-20-14)11(12(13)18)10(17)7-15/h4-6,10,14H,7H2,1-3H3. The highest BCUT2D eigenvalue weighted by Crippen LogP contribution is 2.34. The zero-order valence-electron chi connectivity index (χ0n) is 11.9. The van der Waals surface area contributed by atoms with Crippen LogP contribution in [-0.2, 0) is 9.47 Å². The highest BCUT2D eigenvalue weighted by atomic mass is 28.3. The van der Waals surface area contributed by atoms with E-state index in [1.807, 2.05) is 0 Å². The minimum atomic E-state index is -2.41. The van der Waals surface area contributed by atoms with Crippen molar-refractivity contribution in [1.29, 1.82) is 0 Å². The maximum atomic E-state index is 14.6. The molecule has 0 amide bonds. The molecule has 0 spiro atoms. The third kappa shape index (κ3) is 2.92. The lowest BCUT2D eigenvalue weighted by atomic mass is 10.0. The summed E-state index contributed by atoms with van der Waals surface area (Å²) in [5.74, 6) is -1.82. The van der Waals surface area contributed by atoms with E-state index in [1.165, 1.54) is 12.5 Å². The number of hydrogen-bond acceptors (Lipinski definition) is 2. The molecule has 0 aliphatic carbocycles. The minimum Gasteiger partial charge on any atom is -0.455 e. The van der Waals surface area contributed by atoms with Crippen molar-refractivity contribution in [3.63, 3.8) is 0 Å². The first-order valence-corrected chi connectivity index (χ1v) is 9.95. The van der Waals surface area contributed by atoms with Crippen LogP contribution in [0.15, 0.2) is 18.6 Å². The molecular formula is C14H16F4O2Si. The summed E-state index contributed by atoms with van der Waals surface area (Å²) in [7, 11) is -2.41. The smallest absolute Gasteiger partial charge is 0.266 e. The van der Waals surface area contributed by atoms with Gasteiger partial charge in [0.05, 0.1) is 8.07 Å². The molecule has 0 fully saturated rings. The molecule has 0 bridgehead atoms. The first-order valence-electron chi connectivity index (χ1n) is 6.45. The molecule has 1 aromatic carbocycles. The molecule has 0 N–H and O–H groups in total.